The fourth-order valence-corrected chi connectivity index (χ4v) is 3.48. The number of amides is 2. The minimum absolute atomic E-state index is 0.106. The molecule has 0 spiro atoms. The van der Waals surface area contributed by atoms with E-state index in [0.717, 1.165) is 4.47 Å². The van der Waals surface area contributed by atoms with Crippen molar-refractivity contribution in [1.82, 2.24) is 5.01 Å². The zero-order valence-corrected chi connectivity index (χ0v) is 18.1. The van der Waals surface area contributed by atoms with Crippen LogP contribution in [0.1, 0.15) is 19.4 Å². The first-order valence-corrected chi connectivity index (χ1v) is 9.85. The van der Waals surface area contributed by atoms with Crippen molar-refractivity contribution in [3.05, 3.63) is 62.5 Å². The van der Waals surface area contributed by atoms with Crippen molar-refractivity contribution in [2.24, 2.45) is 5.10 Å². The van der Waals surface area contributed by atoms with Crippen LogP contribution in [0, 0.1) is 0 Å². The third kappa shape index (κ3) is 4.48. The van der Waals surface area contributed by atoms with Gasteiger partial charge >= 0.3 is 0 Å². The van der Waals surface area contributed by atoms with Gasteiger partial charge in [0.05, 0.1) is 17.1 Å². The van der Waals surface area contributed by atoms with Crippen molar-refractivity contribution in [2.75, 3.05) is 11.4 Å². The summed E-state index contributed by atoms with van der Waals surface area (Å²) in [4.78, 5) is 25.8. The van der Waals surface area contributed by atoms with Crippen LogP contribution in [0.15, 0.2) is 52.0 Å². The molecule has 2 amide bonds. The van der Waals surface area contributed by atoms with Crippen LogP contribution in [0.25, 0.3) is 0 Å². The Morgan fingerprint density at radius 3 is 2.43 bits per heavy atom. The molecule has 1 heterocycles. The van der Waals surface area contributed by atoms with E-state index in [2.05, 4.69) is 21.0 Å². The standard InChI is InChI=1S/C19H16BrCl2N3O3/c1-11(26)24(15-6-3-13(20)4-7-15)10-18-25(12(2)27)23-19(28-18)16-8-5-14(21)9-17(16)22/h3-9,18H,10H2,1-2H3/t18-/m0/s1. The number of hydrazone groups is 1. The summed E-state index contributed by atoms with van der Waals surface area (Å²) in [7, 11) is 0. The van der Waals surface area contributed by atoms with Crippen molar-refractivity contribution < 1.29 is 14.3 Å². The van der Waals surface area contributed by atoms with Gasteiger partial charge in [-0.2, -0.15) is 5.01 Å². The van der Waals surface area contributed by atoms with Crippen LogP contribution in [0.4, 0.5) is 5.69 Å². The molecule has 1 atom stereocenters. The molecule has 0 saturated carbocycles. The Balaban J connectivity index is 1.87. The molecule has 1 aliphatic heterocycles. The molecule has 0 N–H and O–H groups in total. The molecule has 146 valence electrons. The number of hydrogen-bond donors (Lipinski definition) is 0. The van der Waals surface area contributed by atoms with Gasteiger partial charge in [0.25, 0.3) is 0 Å². The number of benzene rings is 2. The van der Waals surface area contributed by atoms with E-state index in [0.29, 0.717) is 21.3 Å². The van der Waals surface area contributed by atoms with Crippen molar-refractivity contribution >= 4 is 62.5 Å². The molecule has 2 aromatic carbocycles. The van der Waals surface area contributed by atoms with Crippen LogP contribution in [0.2, 0.25) is 10.0 Å². The van der Waals surface area contributed by atoms with Gasteiger partial charge in [-0.05, 0) is 42.5 Å². The Bertz CT molecular complexity index is 950. The second-order valence-electron chi connectivity index (χ2n) is 6.07. The van der Waals surface area contributed by atoms with Gasteiger partial charge in [-0.15, -0.1) is 5.10 Å². The number of rotatable bonds is 4. The van der Waals surface area contributed by atoms with E-state index >= 15 is 0 Å². The summed E-state index contributed by atoms with van der Waals surface area (Å²) in [5.74, 6) is -0.307. The SMILES string of the molecule is CC(=O)N(C[C@@H]1OC(c2ccc(Cl)cc2Cl)=NN1C(C)=O)c1ccc(Br)cc1. The molecule has 28 heavy (non-hydrogen) atoms. The number of halogens is 3. The van der Waals surface area contributed by atoms with E-state index in [1.807, 2.05) is 12.1 Å². The summed E-state index contributed by atoms with van der Waals surface area (Å²) in [6.07, 6.45) is -0.785. The predicted octanol–water partition coefficient (Wildman–Crippen LogP) is 4.68. The minimum Gasteiger partial charge on any atom is -0.448 e. The highest BCUT2D eigenvalue weighted by Gasteiger charge is 2.34. The van der Waals surface area contributed by atoms with Gasteiger partial charge in [-0.25, -0.2) is 0 Å². The van der Waals surface area contributed by atoms with E-state index in [4.69, 9.17) is 27.9 Å². The Morgan fingerprint density at radius 2 is 1.86 bits per heavy atom. The molecule has 3 rings (SSSR count). The van der Waals surface area contributed by atoms with E-state index < -0.39 is 6.23 Å². The quantitative estimate of drug-likeness (QED) is 0.633. The van der Waals surface area contributed by atoms with Crippen LogP contribution in [-0.2, 0) is 14.3 Å². The summed E-state index contributed by atoms with van der Waals surface area (Å²) >= 11 is 15.5. The second-order valence-corrected chi connectivity index (χ2v) is 7.83. The lowest BCUT2D eigenvalue weighted by molar-refractivity contribution is -0.135. The van der Waals surface area contributed by atoms with Crippen LogP contribution < -0.4 is 4.90 Å². The maximum atomic E-state index is 12.2. The molecule has 6 nitrogen and oxygen atoms in total. The molecule has 2 aromatic rings. The maximum absolute atomic E-state index is 12.2. The Hall–Kier alpha value is -2.09. The zero-order chi connectivity index (χ0) is 20.4. The molecule has 0 radical (unpaired) electrons. The number of nitrogens with zero attached hydrogens (tertiary/aromatic N) is 3. The molecule has 0 bridgehead atoms. The highest BCUT2D eigenvalue weighted by Crippen LogP contribution is 2.27. The monoisotopic (exact) mass is 483 g/mol. The summed E-state index contributed by atoms with van der Waals surface area (Å²) in [6.45, 7) is 2.94. The van der Waals surface area contributed by atoms with Gasteiger partial charge in [0.2, 0.25) is 23.9 Å². The molecule has 0 unspecified atom stereocenters. The van der Waals surface area contributed by atoms with Crippen LogP contribution >= 0.6 is 39.1 Å². The molecule has 0 aromatic heterocycles. The van der Waals surface area contributed by atoms with Crippen LogP contribution in [-0.4, -0.2) is 35.5 Å². The third-order valence-electron chi connectivity index (χ3n) is 4.06. The number of hydrogen-bond acceptors (Lipinski definition) is 4. The molecule has 1 aliphatic rings. The maximum Gasteiger partial charge on any atom is 0.243 e. The van der Waals surface area contributed by atoms with Crippen LogP contribution in [0.5, 0.6) is 0 Å². The average molecular weight is 485 g/mol. The van der Waals surface area contributed by atoms with E-state index in [9.17, 15) is 9.59 Å². The summed E-state index contributed by atoms with van der Waals surface area (Å²) in [6, 6.07) is 12.2. The van der Waals surface area contributed by atoms with Gasteiger partial charge in [-0.1, -0.05) is 39.1 Å². The fraction of sp³-hybridized carbons (Fsp3) is 0.211. The minimum atomic E-state index is -0.785. The van der Waals surface area contributed by atoms with Gasteiger partial charge in [0, 0.05) is 29.0 Å². The van der Waals surface area contributed by atoms with E-state index in [-0.39, 0.29) is 24.3 Å². The molecular formula is C19H16BrCl2N3O3. The molecule has 0 aliphatic carbocycles. The normalized spacial score (nSPS) is 15.8. The van der Waals surface area contributed by atoms with Crippen molar-refractivity contribution in [3.8, 4) is 0 Å². The molecule has 0 saturated heterocycles. The van der Waals surface area contributed by atoms with Crippen molar-refractivity contribution in [3.63, 3.8) is 0 Å². The first kappa shape index (κ1) is 20.6. The lowest BCUT2D eigenvalue weighted by Gasteiger charge is -2.27. The average Bonchev–Trinajstić information content (AvgIpc) is 3.04. The Kier molecular flexibility index (Phi) is 6.27. The second kappa shape index (κ2) is 8.51. The van der Waals surface area contributed by atoms with Crippen molar-refractivity contribution in [2.45, 2.75) is 20.1 Å². The lowest BCUT2D eigenvalue weighted by atomic mass is 10.2. The van der Waals surface area contributed by atoms with E-state index in [1.165, 1.54) is 23.8 Å². The zero-order valence-electron chi connectivity index (χ0n) is 15.0. The smallest absolute Gasteiger partial charge is 0.243 e. The molecular weight excluding hydrogens is 469 g/mol. The van der Waals surface area contributed by atoms with Gasteiger partial charge in [0.1, 0.15) is 0 Å². The van der Waals surface area contributed by atoms with Gasteiger partial charge in [0.15, 0.2) is 0 Å². The van der Waals surface area contributed by atoms with Crippen LogP contribution in [0.3, 0.4) is 0 Å². The highest BCUT2D eigenvalue weighted by molar-refractivity contribution is 9.10. The summed E-state index contributed by atoms with van der Waals surface area (Å²) in [5.41, 5.74) is 1.19. The largest absolute Gasteiger partial charge is 0.448 e. The Morgan fingerprint density at radius 1 is 1.18 bits per heavy atom. The topological polar surface area (TPSA) is 62.2 Å². The Labute approximate surface area is 180 Å². The number of carbonyl (C=O) groups excluding carboxylic acids is 2. The highest BCUT2D eigenvalue weighted by atomic mass is 79.9. The summed E-state index contributed by atoms with van der Waals surface area (Å²) in [5, 5.41) is 6.29. The lowest BCUT2D eigenvalue weighted by Crippen LogP contribution is -2.44. The summed E-state index contributed by atoms with van der Waals surface area (Å²) < 4.78 is 6.79. The first-order chi connectivity index (χ1) is 13.3. The van der Waals surface area contributed by atoms with E-state index in [1.54, 1.807) is 30.3 Å². The number of carbonyl (C=O) groups is 2. The fourth-order valence-electron chi connectivity index (χ4n) is 2.73. The van der Waals surface area contributed by atoms with Gasteiger partial charge < -0.3 is 9.64 Å². The number of ether oxygens (including phenoxy) is 1. The van der Waals surface area contributed by atoms with Gasteiger partial charge in [-0.3, -0.25) is 9.59 Å². The molecule has 0 fully saturated rings. The molecule has 9 heteroatoms. The van der Waals surface area contributed by atoms with Crippen molar-refractivity contribution in [1.29, 1.82) is 0 Å². The number of anilines is 1. The first-order valence-electron chi connectivity index (χ1n) is 8.30. The predicted molar refractivity (Wildman–Crippen MR) is 113 cm³/mol. The third-order valence-corrected chi connectivity index (χ3v) is 5.14.